The van der Waals surface area contributed by atoms with Gasteiger partial charge in [0.05, 0.1) is 17.4 Å². The lowest BCUT2D eigenvalue weighted by atomic mass is 9.98. The summed E-state index contributed by atoms with van der Waals surface area (Å²) in [6.07, 6.45) is 5.58. The summed E-state index contributed by atoms with van der Waals surface area (Å²) in [6, 6.07) is 16.0. The van der Waals surface area contributed by atoms with E-state index in [1.54, 1.807) is 0 Å². The molecular weight excluding hydrogens is 444 g/mol. The number of benzene rings is 2. The number of nitrogens with one attached hydrogen (secondary N) is 2. The van der Waals surface area contributed by atoms with Gasteiger partial charge in [-0.05, 0) is 53.9 Å². The zero-order chi connectivity index (χ0) is 24.2. The third kappa shape index (κ3) is 3.79. The molecule has 4 aliphatic rings. The molecule has 0 aliphatic heterocycles. The van der Waals surface area contributed by atoms with Gasteiger partial charge >= 0.3 is 12.1 Å². The molecule has 4 aliphatic carbocycles. The van der Waals surface area contributed by atoms with Crippen molar-refractivity contribution in [3.05, 3.63) is 71.8 Å². The van der Waals surface area contributed by atoms with E-state index in [0.717, 1.165) is 24.0 Å². The van der Waals surface area contributed by atoms with Crippen LogP contribution in [0.3, 0.4) is 0 Å². The molecule has 3 N–H and O–H groups in total. The third-order valence-corrected chi connectivity index (χ3v) is 8.25. The predicted molar refractivity (Wildman–Crippen MR) is 129 cm³/mol. The number of carboxylic acid groups (broad SMARTS) is 1. The van der Waals surface area contributed by atoms with Gasteiger partial charge in [0, 0.05) is 12.0 Å². The Kier molecular flexibility index (Phi) is 5.16. The van der Waals surface area contributed by atoms with Crippen LogP contribution in [0.2, 0.25) is 0 Å². The lowest BCUT2D eigenvalue weighted by Crippen LogP contribution is -2.40. The summed E-state index contributed by atoms with van der Waals surface area (Å²) >= 11 is 0. The van der Waals surface area contributed by atoms with Gasteiger partial charge < -0.3 is 20.5 Å². The maximum Gasteiger partial charge on any atom is 0.407 e. The van der Waals surface area contributed by atoms with Crippen LogP contribution >= 0.6 is 0 Å². The number of hydrogen-bond donors (Lipinski definition) is 3. The van der Waals surface area contributed by atoms with Crippen molar-refractivity contribution in [1.82, 2.24) is 10.6 Å². The Hall–Kier alpha value is -3.61. The Morgan fingerprint density at radius 2 is 1.60 bits per heavy atom. The monoisotopic (exact) mass is 472 g/mol. The maximum atomic E-state index is 12.7. The topological polar surface area (TPSA) is 105 Å². The summed E-state index contributed by atoms with van der Waals surface area (Å²) < 4.78 is 5.62. The van der Waals surface area contributed by atoms with Gasteiger partial charge in [0.25, 0.3) is 0 Å². The number of ether oxygens (including phenoxy) is 1. The summed E-state index contributed by atoms with van der Waals surface area (Å²) in [5.41, 5.74) is 4.07. The van der Waals surface area contributed by atoms with Gasteiger partial charge in [-0.25, -0.2) is 4.79 Å². The fraction of sp³-hybridized carbons (Fsp3) is 0.393. The molecular formula is C28H28N2O5. The van der Waals surface area contributed by atoms with Crippen molar-refractivity contribution < 1.29 is 24.2 Å². The second kappa shape index (κ2) is 8.26. The van der Waals surface area contributed by atoms with Crippen molar-refractivity contribution in [3.63, 3.8) is 0 Å². The fourth-order valence-corrected chi connectivity index (χ4v) is 6.37. The van der Waals surface area contributed by atoms with Gasteiger partial charge in [0.2, 0.25) is 5.91 Å². The molecule has 7 heteroatoms. The van der Waals surface area contributed by atoms with Crippen LogP contribution in [0.1, 0.15) is 42.7 Å². The third-order valence-electron chi connectivity index (χ3n) is 8.25. The van der Waals surface area contributed by atoms with Gasteiger partial charge in [-0.3, -0.25) is 9.59 Å². The molecule has 0 bridgehead atoms. The Balaban J connectivity index is 0.997. The van der Waals surface area contributed by atoms with E-state index in [1.165, 1.54) is 11.1 Å². The largest absolute Gasteiger partial charge is 0.481 e. The van der Waals surface area contributed by atoms with Crippen LogP contribution in [0.15, 0.2) is 60.7 Å². The van der Waals surface area contributed by atoms with Crippen LogP contribution < -0.4 is 10.6 Å². The average Bonchev–Trinajstić information content (AvgIpc) is 3.17. The first-order valence-corrected chi connectivity index (χ1v) is 12.3. The summed E-state index contributed by atoms with van der Waals surface area (Å²) in [4.78, 5) is 36.7. The van der Waals surface area contributed by atoms with Gasteiger partial charge in [-0.1, -0.05) is 60.7 Å². The summed E-state index contributed by atoms with van der Waals surface area (Å²) in [5, 5.41) is 15.3. The lowest BCUT2D eigenvalue weighted by molar-refractivity contribution is -0.143. The van der Waals surface area contributed by atoms with Gasteiger partial charge in [0.1, 0.15) is 6.61 Å². The van der Waals surface area contributed by atoms with Crippen molar-refractivity contribution in [2.24, 2.45) is 17.3 Å². The highest BCUT2D eigenvalue weighted by Gasteiger charge is 2.65. The molecule has 0 radical (unpaired) electrons. The van der Waals surface area contributed by atoms with Crippen LogP contribution in [-0.4, -0.2) is 41.8 Å². The summed E-state index contributed by atoms with van der Waals surface area (Å²) in [6.45, 7) is 0.244. The predicted octanol–water partition coefficient (Wildman–Crippen LogP) is 3.84. The highest BCUT2D eigenvalue weighted by atomic mass is 16.5. The Morgan fingerprint density at radius 3 is 2.26 bits per heavy atom. The SMILES string of the molecule is O=C(NC1C=CC(C(=O)NC2CC3CC3(C(=O)O)C2)C1)OCC1c2ccccc2-c2ccccc21. The molecule has 2 saturated carbocycles. The molecule has 0 heterocycles. The first-order chi connectivity index (χ1) is 16.9. The number of carbonyl (C=O) groups is 3. The molecule has 2 aromatic carbocycles. The van der Waals surface area contributed by atoms with E-state index in [0.29, 0.717) is 12.8 Å². The van der Waals surface area contributed by atoms with E-state index >= 15 is 0 Å². The molecule has 0 aromatic heterocycles. The maximum absolute atomic E-state index is 12.7. The van der Waals surface area contributed by atoms with Crippen LogP contribution in [-0.2, 0) is 14.3 Å². The van der Waals surface area contributed by atoms with Gasteiger partial charge in [0.15, 0.2) is 0 Å². The lowest BCUT2D eigenvalue weighted by Gasteiger charge is -2.19. The Labute approximate surface area is 203 Å². The minimum Gasteiger partial charge on any atom is -0.481 e. The standard InChI is InChI=1S/C28H28N2O5/c31-25(29-19-12-17-13-28(17,14-19)26(32)33)16-9-10-18(11-16)30-27(34)35-15-24-22-7-3-1-5-20(22)21-6-2-4-8-23(21)24/h1-10,16-19,24H,11-15H2,(H,29,31)(H,30,34)(H,32,33). The second-order valence-electron chi connectivity index (χ2n) is 10.3. The molecule has 2 aromatic rings. The molecule has 0 saturated heterocycles. The smallest absolute Gasteiger partial charge is 0.407 e. The molecule has 7 nitrogen and oxygen atoms in total. The number of fused-ring (bicyclic) bond motifs is 4. The number of aliphatic carboxylic acids is 1. The fourth-order valence-electron chi connectivity index (χ4n) is 6.37. The number of hydrogen-bond acceptors (Lipinski definition) is 4. The Bertz CT molecular complexity index is 1190. The van der Waals surface area contributed by atoms with Crippen molar-refractivity contribution in [2.75, 3.05) is 6.61 Å². The molecule has 0 spiro atoms. The number of carbonyl (C=O) groups excluding carboxylic acids is 2. The molecule has 5 unspecified atom stereocenters. The van der Waals surface area contributed by atoms with Crippen molar-refractivity contribution >= 4 is 18.0 Å². The van der Waals surface area contributed by atoms with Crippen molar-refractivity contribution in [1.29, 1.82) is 0 Å². The average molecular weight is 473 g/mol. The molecule has 35 heavy (non-hydrogen) atoms. The zero-order valence-corrected chi connectivity index (χ0v) is 19.3. The molecule has 5 atom stereocenters. The first kappa shape index (κ1) is 21.9. The van der Waals surface area contributed by atoms with Gasteiger partial charge in [-0.2, -0.15) is 0 Å². The quantitative estimate of drug-likeness (QED) is 0.554. The second-order valence-corrected chi connectivity index (χ2v) is 10.3. The summed E-state index contributed by atoms with van der Waals surface area (Å²) in [7, 11) is 0. The zero-order valence-electron chi connectivity index (χ0n) is 19.3. The van der Waals surface area contributed by atoms with E-state index in [4.69, 9.17) is 4.74 Å². The molecule has 2 amide bonds. The van der Waals surface area contributed by atoms with E-state index < -0.39 is 17.5 Å². The number of rotatable bonds is 6. The number of amides is 2. The first-order valence-electron chi connectivity index (χ1n) is 12.3. The van der Waals surface area contributed by atoms with Crippen molar-refractivity contribution in [3.8, 4) is 11.1 Å². The van der Waals surface area contributed by atoms with E-state index in [-0.39, 0.29) is 42.4 Å². The van der Waals surface area contributed by atoms with Crippen LogP contribution in [0.5, 0.6) is 0 Å². The highest BCUT2D eigenvalue weighted by molar-refractivity contribution is 5.83. The van der Waals surface area contributed by atoms with Gasteiger partial charge in [-0.15, -0.1) is 0 Å². The minimum absolute atomic E-state index is 0.00230. The van der Waals surface area contributed by atoms with E-state index in [9.17, 15) is 19.5 Å². The molecule has 180 valence electrons. The normalized spacial score (nSPS) is 29.7. The summed E-state index contributed by atoms with van der Waals surface area (Å²) in [5.74, 6) is -1.01. The highest BCUT2D eigenvalue weighted by Crippen LogP contribution is 2.63. The number of alkyl carbamates (subject to hydrolysis) is 1. The van der Waals surface area contributed by atoms with Crippen LogP contribution in [0.4, 0.5) is 4.79 Å². The van der Waals surface area contributed by atoms with E-state index in [2.05, 4.69) is 34.9 Å². The van der Waals surface area contributed by atoms with Crippen LogP contribution in [0.25, 0.3) is 11.1 Å². The number of carboxylic acids is 1. The Morgan fingerprint density at radius 1 is 0.914 bits per heavy atom. The molecule has 2 fully saturated rings. The van der Waals surface area contributed by atoms with Crippen molar-refractivity contribution in [2.45, 2.75) is 43.7 Å². The molecule has 6 rings (SSSR count). The van der Waals surface area contributed by atoms with Crippen LogP contribution in [0, 0.1) is 17.3 Å². The minimum atomic E-state index is -0.743. The van der Waals surface area contributed by atoms with E-state index in [1.807, 2.05) is 36.4 Å².